The van der Waals surface area contributed by atoms with Crippen molar-refractivity contribution in [2.45, 2.75) is 77.6 Å². The number of carboxylic acid groups (broad SMARTS) is 1. The van der Waals surface area contributed by atoms with Gasteiger partial charge in [0, 0.05) is 6.42 Å². The molecular formula is C29H56O11. The normalized spacial score (nSPS) is 11.2. The van der Waals surface area contributed by atoms with Gasteiger partial charge in [-0.3, -0.25) is 9.59 Å². The molecule has 0 aliphatic carbocycles. The van der Waals surface area contributed by atoms with E-state index in [1.807, 2.05) is 0 Å². The number of esters is 1. The van der Waals surface area contributed by atoms with Crippen molar-refractivity contribution in [3.63, 3.8) is 0 Å². The lowest BCUT2D eigenvalue weighted by atomic mass is 10.1. The van der Waals surface area contributed by atoms with Crippen LogP contribution in [0.2, 0.25) is 0 Å². The maximum atomic E-state index is 11.7. The first-order valence-corrected chi connectivity index (χ1v) is 15.1. The van der Waals surface area contributed by atoms with Gasteiger partial charge < -0.3 is 43.0 Å². The molecule has 0 aromatic carbocycles. The van der Waals surface area contributed by atoms with E-state index < -0.39 is 5.97 Å². The Morgan fingerprint density at radius 1 is 0.425 bits per heavy atom. The molecule has 0 saturated carbocycles. The van der Waals surface area contributed by atoms with Gasteiger partial charge in [-0.05, 0) is 6.42 Å². The summed E-state index contributed by atoms with van der Waals surface area (Å²) in [5, 5.41) is 8.47. The van der Waals surface area contributed by atoms with Crippen molar-refractivity contribution in [3.8, 4) is 0 Å². The average Bonchev–Trinajstić information content (AvgIpc) is 2.94. The van der Waals surface area contributed by atoms with E-state index in [-0.39, 0.29) is 25.6 Å². The van der Waals surface area contributed by atoms with Gasteiger partial charge >= 0.3 is 11.9 Å². The summed E-state index contributed by atoms with van der Waals surface area (Å²) in [6.07, 6.45) is 11.6. The zero-order valence-electron chi connectivity index (χ0n) is 24.9. The van der Waals surface area contributed by atoms with Crippen LogP contribution < -0.4 is 0 Å². The first-order valence-electron chi connectivity index (χ1n) is 15.1. The van der Waals surface area contributed by atoms with Crippen LogP contribution in [0.25, 0.3) is 0 Å². The minimum Gasteiger partial charge on any atom is -0.481 e. The molecule has 0 heterocycles. The summed E-state index contributed by atoms with van der Waals surface area (Å²) in [5.74, 6) is -1.02. The summed E-state index contributed by atoms with van der Waals surface area (Å²) >= 11 is 0. The Balaban J connectivity index is 3.12. The third kappa shape index (κ3) is 34.7. The molecule has 0 saturated heterocycles. The lowest BCUT2D eigenvalue weighted by Crippen LogP contribution is -2.15. The van der Waals surface area contributed by atoms with Gasteiger partial charge in [0.05, 0.1) is 98.9 Å². The van der Waals surface area contributed by atoms with Gasteiger partial charge in [0.1, 0.15) is 6.61 Å². The molecule has 0 amide bonds. The standard InChI is InChI=1S/C29H56O11/c1-2-3-4-5-6-7-8-9-10-11-29(32)40-27-26-39-25-24-38-23-22-37-21-20-36-19-18-35-17-16-34-15-14-33-13-12-28(30)31/h2-27H2,1H3,(H,30,31). The second-order valence-corrected chi connectivity index (χ2v) is 9.23. The zero-order valence-corrected chi connectivity index (χ0v) is 24.9. The molecule has 0 rings (SSSR count). The van der Waals surface area contributed by atoms with E-state index in [4.69, 9.17) is 43.0 Å². The van der Waals surface area contributed by atoms with Gasteiger partial charge in [-0.1, -0.05) is 58.3 Å². The highest BCUT2D eigenvalue weighted by Gasteiger charge is 2.03. The lowest BCUT2D eigenvalue weighted by molar-refractivity contribution is -0.145. The molecule has 0 bridgehead atoms. The van der Waals surface area contributed by atoms with Crippen LogP contribution in [0.3, 0.4) is 0 Å². The lowest BCUT2D eigenvalue weighted by Gasteiger charge is -2.08. The molecule has 0 radical (unpaired) electrons. The molecule has 0 unspecified atom stereocenters. The maximum absolute atomic E-state index is 11.7. The highest BCUT2D eigenvalue weighted by Crippen LogP contribution is 2.10. The Morgan fingerprint density at radius 2 is 0.750 bits per heavy atom. The summed E-state index contributed by atoms with van der Waals surface area (Å²) in [5.41, 5.74) is 0. The summed E-state index contributed by atoms with van der Waals surface area (Å²) in [6.45, 7) is 8.55. The fourth-order valence-corrected chi connectivity index (χ4v) is 3.45. The number of carbonyl (C=O) groups excluding carboxylic acids is 1. The number of rotatable bonds is 34. The van der Waals surface area contributed by atoms with Crippen LogP contribution in [0.5, 0.6) is 0 Å². The molecule has 1 N–H and O–H groups in total. The van der Waals surface area contributed by atoms with Crippen LogP contribution in [-0.4, -0.2) is 116 Å². The molecule has 238 valence electrons. The van der Waals surface area contributed by atoms with Crippen molar-refractivity contribution in [2.24, 2.45) is 0 Å². The molecule has 0 atom stereocenters. The Morgan fingerprint density at radius 3 is 1.12 bits per heavy atom. The number of carbonyl (C=O) groups is 2. The number of aliphatic carboxylic acids is 1. The maximum Gasteiger partial charge on any atom is 0.305 e. The molecule has 11 heteroatoms. The van der Waals surface area contributed by atoms with Crippen LogP contribution in [0.4, 0.5) is 0 Å². The Labute approximate surface area is 241 Å². The third-order valence-corrected chi connectivity index (χ3v) is 5.67. The summed E-state index contributed by atoms with van der Waals surface area (Å²) in [6, 6.07) is 0. The van der Waals surface area contributed by atoms with E-state index in [9.17, 15) is 9.59 Å². The van der Waals surface area contributed by atoms with Gasteiger partial charge in [0.15, 0.2) is 0 Å². The van der Waals surface area contributed by atoms with E-state index >= 15 is 0 Å². The molecule has 40 heavy (non-hydrogen) atoms. The molecule has 0 spiro atoms. The van der Waals surface area contributed by atoms with E-state index in [0.717, 1.165) is 12.8 Å². The van der Waals surface area contributed by atoms with Crippen molar-refractivity contribution >= 4 is 11.9 Å². The van der Waals surface area contributed by atoms with E-state index in [0.29, 0.717) is 92.3 Å². The predicted octanol–water partition coefficient (Wildman–Crippen LogP) is 4.04. The predicted molar refractivity (Wildman–Crippen MR) is 151 cm³/mol. The van der Waals surface area contributed by atoms with Crippen molar-refractivity contribution in [2.75, 3.05) is 99.1 Å². The molecule has 0 aromatic rings. The minimum atomic E-state index is -0.873. The first kappa shape index (κ1) is 38.7. The highest BCUT2D eigenvalue weighted by atomic mass is 16.6. The SMILES string of the molecule is CCCCCCCCCCCC(=O)OCCOCCOCCOCCOCCOCCOCCOCCC(=O)O. The Hall–Kier alpha value is -1.34. The van der Waals surface area contributed by atoms with Crippen molar-refractivity contribution in [3.05, 3.63) is 0 Å². The van der Waals surface area contributed by atoms with Gasteiger partial charge in [0.25, 0.3) is 0 Å². The summed E-state index contributed by atoms with van der Waals surface area (Å²) in [7, 11) is 0. The second kappa shape index (κ2) is 33.9. The largest absolute Gasteiger partial charge is 0.481 e. The number of ether oxygens (including phenoxy) is 8. The highest BCUT2D eigenvalue weighted by molar-refractivity contribution is 5.69. The molecular weight excluding hydrogens is 524 g/mol. The first-order chi connectivity index (χ1) is 19.7. The third-order valence-electron chi connectivity index (χ3n) is 5.67. The van der Waals surface area contributed by atoms with Gasteiger partial charge in [0.2, 0.25) is 0 Å². The van der Waals surface area contributed by atoms with E-state index in [1.165, 1.54) is 44.9 Å². The molecule has 0 fully saturated rings. The van der Waals surface area contributed by atoms with E-state index in [1.54, 1.807) is 0 Å². The molecule has 0 aliphatic rings. The van der Waals surface area contributed by atoms with Crippen LogP contribution in [0.1, 0.15) is 77.6 Å². The van der Waals surface area contributed by atoms with Crippen molar-refractivity contribution < 1.29 is 52.6 Å². The number of carboxylic acids is 1. The van der Waals surface area contributed by atoms with Crippen LogP contribution >= 0.6 is 0 Å². The minimum absolute atomic E-state index is 0.000993. The zero-order chi connectivity index (χ0) is 29.2. The van der Waals surface area contributed by atoms with Gasteiger partial charge in [-0.15, -0.1) is 0 Å². The number of hydrogen-bond acceptors (Lipinski definition) is 10. The molecule has 0 aliphatic heterocycles. The van der Waals surface area contributed by atoms with Crippen molar-refractivity contribution in [1.29, 1.82) is 0 Å². The molecule has 11 nitrogen and oxygen atoms in total. The average molecular weight is 581 g/mol. The Bertz CT molecular complexity index is 534. The summed E-state index contributed by atoms with van der Waals surface area (Å²) in [4.78, 5) is 22.0. The second-order valence-electron chi connectivity index (χ2n) is 9.23. The van der Waals surface area contributed by atoms with Crippen LogP contribution in [-0.2, 0) is 47.5 Å². The number of hydrogen-bond donors (Lipinski definition) is 1. The van der Waals surface area contributed by atoms with Crippen LogP contribution in [0, 0.1) is 0 Å². The smallest absolute Gasteiger partial charge is 0.305 e. The summed E-state index contributed by atoms with van der Waals surface area (Å²) < 4.78 is 42.7. The van der Waals surface area contributed by atoms with E-state index in [2.05, 4.69) is 6.92 Å². The van der Waals surface area contributed by atoms with Gasteiger partial charge in [-0.2, -0.15) is 0 Å². The van der Waals surface area contributed by atoms with Crippen molar-refractivity contribution in [1.82, 2.24) is 0 Å². The molecule has 0 aromatic heterocycles. The van der Waals surface area contributed by atoms with Crippen LogP contribution in [0.15, 0.2) is 0 Å². The fraction of sp³-hybridized carbons (Fsp3) is 0.931. The number of unbranched alkanes of at least 4 members (excludes halogenated alkanes) is 8. The monoisotopic (exact) mass is 580 g/mol. The van der Waals surface area contributed by atoms with Gasteiger partial charge in [-0.25, -0.2) is 0 Å². The topological polar surface area (TPSA) is 128 Å². The Kier molecular flexibility index (Phi) is 32.7. The fourth-order valence-electron chi connectivity index (χ4n) is 3.45. The quantitative estimate of drug-likeness (QED) is 0.0875.